The van der Waals surface area contributed by atoms with E-state index in [2.05, 4.69) is 25.4 Å². The lowest BCUT2D eigenvalue weighted by Gasteiger charge is -2.37. The van der Waals surface area contributed by atoms with E-state index in [1.807, 2.05) is 0 Å². The first-order chi connectivity index (χ1) is 10.6. The van der Waals surface area contributed by atoms with Crippen LogP contribution >= 0.6 is 0 Å². The number of carbonyl (C=O) groups excluding carboxylic acids is 1. The lowest BCUT2D eigenvalue weighted by Crippen LogP contribution is -2.53. The SMILES string of the molecule is CN=C(NCC(=O)NC)N1CCN(c2ccc(F)cc2)CC1. The Labute approximate surface area is 130 Å². The average Bonchev–Trinajstić information content (AvgIpc) is 2.56. The van der Waals surface area contributed by atoms with Crippen LogP contribution in [-0.2, 0) is 4.79 Å². The van der Waals surface area contributed by atoms with Crippen LogP contribution in [0.1, 0.15) is 0 Å². The Hall–Kier alpha value is -2.31. The number of guanidine groups is 1. The van der Waals surface area contributed by atoms with Crippen LogP contribution in [0.15, 0.2) is 29.3 Å². The largest absolute Gasteiger partial charge is 0.368 e. The fourth-order valence-electron chi connectivity index (χ4n) is 2.41. The molecule has 1 aromatic carbocycles. The van der Waals surface area contributed by atoms with E-state index in [1.165, 1.54) is 12.1 Å². The minimum atomic E-state index is -0.221. The van der Waals surface area contributed by atoms with E-state index in [4.69, 9.17) is 0 Å². The first kappa shape index (κ1) is 16.1. The van der Waals surface area contributed by atoms with Crippen LogP contribution in [0.3, 0.4) is 0 Å². The van der Waals surface area contributed by atoms with Crippen LogP contribution < -0.4 is 15.5 Å². The summed E-state index contributed by atoms with van der Waals surface area (Å²) in [7, 11) is 3.31. The Balaban J connectivity index is 1.87. The van der Waals surface area contributed by atoms with E-state index in [0.29, 0.717) is 0 Å². The first-order valence-electron chi connectivity index (χ1n) is 7.30. The van der Waals surface area contributed by atoms with Crippen molar-refractivity contribution in [3.63, 3.8) is 0 Å². The number of hydrogen-bond acceptors (Lipinski definition) is 3. The van der Waals surface area contributed by atoms with Crippen molar-refractivity contribution in [2.24, 2.45) is 4.99 Å². The lowest BCUT2D eigenvalue weighted by molar-refractivity contribution is -0.119. The van der Waals surface area contributed by atoms with Gasteiger partial charge in [-0.05, 0) is 24.3 Å². The fraction of sp³-hybridized carbons (Fsp3) is 0.467. The molecule has 0 bridgehead atoms. The van der Waals surface area contributed by atoms with Crippen molar-refractivity contribution in [3.05, 3.63) is 30.1 Å². The fourth-order valence-corrected chi connectivity index (χ4v) is 2.41. The minimum absolute atomic E-state index is 0.0777. The normalized spacial score (nSPS) is 15.7. The van der Waals surface area contributed by atoms with Crippen molar-refractivity contribution in [2.45, 2.75) is 0 Å². The van der Waals surface area contributed by atoms with Crippen LogP contribution in [0.2, 0.25) is 0 Å². The maximum atomic E-state index is 13.0. The molecule has 1 aromatic rings. The van der Waals surface area contributed by atoms with E-state index in [0.717, 1.165) is 37.8 Å². The smallest absolute Gasteiger partial charge is 0.239 e. The topological polar surface area (TPSA) is 60.0 Å². The van der Waals surface area contributed by atoms with Gasteiger partial charge in [-0.3, -0.25) is 9.79 Å². The third kappa shape index (κ3) is 4.09. The standard InChI is InChI=1S/C15H22FN5O/c1-17-14(22)11-19-15(18-2)21-9-7-20(8-10-21)13-5-3-12(16)4-6-13/h3-6H,7-11H2,1-2H3,(H,17,22)(H,18,19). The molecule has 0 saturated carbocycles. The highest BCUT2D eigenvalue weighted by atomic mass is 19.1. The molecule has 1 fully saturated rings. The summed E-state index contributed by atoms with van der Waals surface area (Å²) in [6.45, 7) is 3.45. The van der Waals surface area contributed by atoms with Gasteiger partial charge in [0.15, 0.2) is 5.96 Å². The highest BCUT2D eigenvalue weighted by Gasteiger charge is 2.20. The Morgan fingerprint density at radius 1 is 1.23 bits per heavy atom. The van der Waals surface area contributed by atoms with Crippen molar-refractivity contribution >= 4 is 17.6 Å². The molecule has 22 heavy (non-hydrogen) atoms. The Morgan fingerprint density at radius 2 is 1.86 bits per heavy atom. The molecule has 120 valence electrons. The maximum Gasteiger partial charge on any atom is 0.239 e. The van der Waals surface area contributed by atoms with Crippen LogP contribution in [0.4, 0.5) is 10.1 Å². The molecule has 1 aliphatic rings. The first-order valence-corrected chi connectivity index (χ1v) is 7.30. The van der Waals surface area contributed by atoms with E-state index >= 15 is 0 Å². The number of carbonyl (C=O) groups is 1. The molecule has 0 spiro atoms. The lowest BCUT2D eigenvalue weighted by atomic mass is 10.2. The number of amides is 1. The zero-order chi connectivity index (χ0) is 15.9. The monoisotopic (exact) mass is 307 g/mol. The summed E-state index contributed by atoms with van der Waals surface area (Å²) in [4.78, 5) is 19.8. The van der Waals surface area contributed by atoms with Gasteiger partial charge in [-0.25, -0.2) is 4.39 Å². The molecule has 0 unspecified atom stereocenters. The number of anilines is 1. The summed E-state index contributed by atoms with van der Waals surface area (Å²) in [6, 6.07) is 6.55. The van der Waals surface area contributed by atoms with E-state index < -0.39 is 0 Å². The third-order valence-electron chi connectivity index (χ3n) is 3.67. The van der Waals surface area contributed by atoms with Gasteiger partial charge in [0.2, 0.25) is 5.91 Å². The van der Waals surface area contributed by atoms with Crippen LogP contribution in [-0.4, -0.2) is 63.6 Å². The second kappa shape index (κ2) is 7.63. The van der Waals surface area contributed by atoms with E-state index in [1.54, 1.807) is 26.2 Å². The summed E-state index contributed by atoms with van der Waals surface area (Å²) < 4.78 is 13.0. The van der Waals surface area contributed by atoms with Crippen molar-refractivity contribution < 1.29 is 9.18 Å². The number of piperazine rings is 1. The average molecular weight is 307 g/mol. The van der Waals surface area contributed by atoms with Crippen LogP contribution in [0, 0.1) is 5.82 Å². The van der Waals surface area contributed by atoms with Gasteiger partial charge in [0.05, 0.1) is 6.54 Å². The quantitative estimate of drug-likeness (QED) is 0.622. The summed E-state index contributed by atoms with van der Waals surface area (Å²) in [5.74, 6) is 0.426. The molecule has 1 saturated heterocycles. The number of aliphatic imine (C=N–C) groups is 1. The zero-order valence-electron chi connectivity index (χ0n) is 13.0. The number of nitrogens with one attached hydrogen (secondary N) is 2. The van der Waals surface area contributed by atoms with Crippen LogP contribution in [0.5, 0.6) is 0 Å². The van der Waals surface area contributed by atoms with Gasteiger partial charge in [-0.1, -0.05) is 0 Å². The Bertz CT molecular complexity index is 523. The molecule has 0 aliphatic carbocycles. The van der Waals surface area contributed by atoms with Gasteiger partial charge in [-0.2, -0.15) is 0 Å². The molecule has 2 rings (SSSR count). The molecule has 7 heteroatoms. The molecule has 0 atom stereocenters. The number of halogens is 1. The molecule has 0 radical (unpaired) electrons. The maximum absolute atomic E-state index is 13.0. The van der Waals surface area contributed by atoms with Crippen molar-refractivity contribution in [2.75, 3.05) is 51.7 Å². The van der Waals surface area contributed by atoms with Crippen molar-refractivity contribution in [3.8, 4) is 0 Å². The van der Waals surface area contributed by atoms with Gasteiger partial charge >= 0.3 is 0 Å². The van der Waals surface area contributed by atoms with E-state index in [9.17, 15) is 9.18 Å². The second-order valence-corrected chi connectivity index (χ2v) is 5.02. The molecule has 6 nitrogen and oxygen atoms in total. The molecule has 1 heterocycles. The number of nitrogens with zero attached hydrogens (tertiary/aromatic N) is 3. The molecule has 1 aliphatic heterocycles. The number of hydrogen-bond donors (Lipinski definition) is 2. The third-order valence-corrected chi connectivity index (χ3v) is 3.67. The molecule has 1 amide bonds. The predicted molar refractivity (Wildman–Crippen MR) is 85.6 cm³/mol. The minimum Gasteiger partial charge on any atom is -0.368 e. The number of rotatable bonds is 3. The summed E-state index contributed by atoms with van der Waals surface area (Å²) in [6.07, 6.45) is 0. The van der Waals surface area contributed by atoms with E-state index in [-0.39, 0.29) is 18.3 Å². The second-order valence-electron chi connectivity index (χ2n) is 5.02. The molecular formula is C15H22FN5O. The van der Waals surface area contributed by atoms with Crippen LogP contribution in [0.25, 0.3) is 0 Å². The summed E-state index contributed by atoms with van der Waals surface area (Å²) >= 11 is 0. The van der Waals surface area contributed by atoms with Gasteiger partial charge in [-0.15, -0.1) is 0 Å². The number of benzene rings is 1. The van der Waals surface area contributed by atoms with Crippen molar-refractivity contribution in [1.82, 2.24) is 15.5 Å². The summed E-state index contributed by atoms with van der Waals surface area (Å²) in [5, 5.41) is 5.61. The van der Waals surface area contributed by atoms with Gasteiger partial charge in [0.1, 0.15) is 5.82 Å². The predicted octanol–water partition coefficient (Wildman–Crippen LogP) is 0.269. The Morgan fingerprint density at radius 3 is 2.41 bits per heavy atom. The van der Waals surface area contributed by atoms with Crippen molar-refractivity contribution in [1.29, 1.82) is 0 Å². The van der Waals surface area contributed by atoms with Gasteiger partial charge in [0.25, 0.3) is 0 Å². The highest BCUT2D eigenvalue weighted by Crippen LogP contribution is 2.16. The number of likely N-dealkylation sites (N-methyl/N-ethyl adjacent to an activating group) is 1. The van der Waals surface area contributed by atoms with Gasteiger partial charge < -0.3 is 20.4 Å². The summed E-state index contributed by atoms with van der Waals surface area (Å²) in [5.41, 5.74) is 1.02. The van der Waals surface area contributed by atoms with Gasteiger partial charge in [0, 0.05) is 46.0 Å². The molecule has 2 N–H and O–H groups in total. The molecular weight excluding hydrogens is 285 g/mol. The highest BCUT2D eigenvalue weighted by molar-refractivity contribution is 5.86. The molecule has 0 aromatic heterocycles. The Kier molecular flexibility index (Phi) is 5.57. The zero-order valence-corrected chi connectivity index (χ0v) is 13.0.